The van der Waals surface area contributed by atoms with E-state index in [4.69, 9.17) is 4.42 Å². The molecule has 4 heteroatoms. The van der Waals surface area contributed by atoms with Gasteiger partial charge in [0.2, 0.25) is 5.89 Å². The molecule has 0 aliphatic rings. The zero-order chi connectivity index (χ0) is 11.5. The zero-order valence-electron chi connectivity index (χ0n) is 9.78. The summed E-state index contributed by atoms with van der Waals surface area (Å²) in [5, 5.41) is 5.53. The third-order valence-electron chi connectivity index (χ3n) is 2.55. The predicted octanol–water partition coefficient (Wildman–Crippen LogP) is 3.20. The first-order valence-electron chi connectivity index (χ1n) is 5.35. The summed E-state index contributed by atoms with van der Waals surface area (Å²) in [6.45, 7) is 6.97. The first-order valence-corrected chi connectivity index (χ1v) is 6.23. The molecule has 0 bridgehead atoms. The molecular formula is C12H16N2OS. The van der Waals surface area contributed by atoms with Crippen LogP contribution in [-0.4, -0.2) is 4.98 Å². The van der Waals surface area contributed by atoms with Gasteiger partial charge in [0.1, 0.15) is 5.76 Å². The number of nitrogens with zero attached hydrogens (tertiary/aromatic N) is 1. The normalized spacial score (nSPS) is 12.9. The smallest absolute Gasteiger partial charge is 0.211 e. The van der Waals surface area contributed by atoms with Crippen molar-refractivity contribution < 1.29 is 4.42 Å². The van der Waals surface area contributed by atoms with Crippen LogP contribution < -0.4 is 5.32 Å². The van der Waals surface area contributed by atoms with Gasteiger partial charge in [-0.25, -0.2) is 4.98 Å². The SMILES string of the molecule is Cc1cnc(C(C)NCc2sccc2C)o1. The van der Waals surface area contributed by atoms with E-state index in [-0.39, 0.29) is 6.04 Å². The van der Waals surface area contributed by atoms with Crippen molar-refractivity contribution >= 4 is 11.3 Å². The van der Waals surface area contributed by atoms with Gasteiger partial charge in [0.15, 0.2) is 0 Å². The Morgan fingerprint density at radius 1 is 1.50 bits per heavy atom. The van der Waals surface area contributed by atoms with Crippen LogP contribution >= 0.6 is 11.3 Å². The Kier molecular flexibility index (Phi) is 3.41. The number of rotatable bonds is 4. The van der Waals surface area contributed by atoms with E-state index < -0.39 is 0 Å². The highest BCUT2D eigenvalue weighted by Crippen LogP contribution is 2.17. The van der Waals surface area contributed by atoms with Gasteiger partial charge in [-0.15, -0.1) is 11.3 Å². The van der Waals surface area contributed by atoms with Gasteiger partial charge < -0.3 is 9.73 Å². The first kappa shape index (κ1) is 11.4. The fraction of sp³-hybridized carbons (Fsp3) is 0.417. The van der Waals surface area contributed by atoms with E-state index in [0.717, 1.165) is 18.2 Å². The predicted molar refractivity (Wildman–Crippen MR) is 65.6 cm³/mol. The van der Waals surface area contributed by atoms with E-state index in [1.165, 1.54) is 10.4 Å². The third kappa shape index (κ3) is 2.51. The van der Waals surface area contributed by atoms with Crippen molar-refractivity contribution in [1.29, 1.82) is 0 Å². The fourth-order valence-corrected chi connectivity index (χ4v) is 2.35. The molecule has 0 aromatic carbocycles. The maximum atomic E-state index is 5.48. The van der Waals surface area contributed by atoms with Crippen molar-refractivity contribution in [1.82, 2.24) is 10.3 Å². The standard InChI is InChI=1S/C12H16N2OS/c1-8-4-5-16-11(8)7-13-10(3)12-14-6-9(2)15-12/h4-6,10,13H,7H2,1-3H3. The van der Waals surface area contributed by atoms with Crippen molar-refractivity contribution in [3.05, 3.63) is 39.7 Å². The first-order chi connectivity index (χ1) is 7.66. The molecule has 0 fully saturated rings. The van der Waals surface area contributed by atoms with Crippen LogP contribution in [0.4, 0.5) is 0 Å². The molecule has 0 spiro atoms. The van der Waals surface area contributed by atoms with Crippen LogP contribution in [0.2, 0.25) is 0 Å². The van der Waals surface area contributed by atoms with E-state index >= 15 is 0 Å². The maximum Gasteiger partial charge on any atom is 0.211 e. The molecule has 2 heterocycles. The van der Waals surface area contributed by atoms with Gasteiger partial charge in [-0.3, -0.25) is 0 Å². The number of aryl methyl sites for hydroxylation is 2. The highest BCUT2D eigenvalue weighted by Gasteiger charge is 2.11. The lowest BCUT2D eigenvalue weighted by Crippen LogP contribution is -2.18. The minimum atomic E-state index is 0.148. The summed E-state index contributed by atoms with van der Waals surface area (Å²) in [6.07, 6.45) is 1.75. The highest BCUT2D eigenvalue weighted by molar-refractivity contribution is 7.10. The molecule has 0 saturated heterocycles. The van der Waals surface area contributed by atoms with E-state index in [1.54, 1.807) is 17.5 Å². The van der Waals surface area contributed by atoms with Gasteiger partial charge in [-0.2, -0.15) is 0 Å². The quantitative estimate of drug-likeness (QED) is 0.885. The molecular weight excluding hydrogens is 220 g/mol. The lowest BCUT2D eigenvalue weighted by atomic mass is 10.2. The molecule has 1 N–H and O–H groups in total. The molecule has 0 aliphatic carbocycles. The van der Waals surface area contributed by atoms with Crippen molar-refractivity contribution in [2.24, 2.45) is 0 Å². The summed E-state index contributed by atoms with van der Waals surface area (Å²) in [5.41, 5.74) is 1.34. The summed E-state index contributed by atoms with van der Waals surface area (Å²) in [7, 11) is 0. The fourth-order valence-electron chi connectivity index (χ4n) is 1.49. The van der Waals surface area contributed by atoms with Crippen molar-refractivity contribution in [2.45, 2.75) is 33.4 Å². The second-order valence-electron chi connectivity index (χ2n) is 3.94. The molecule has 86 valence electrons. The summed E-state index contributed by atoms with van der Waals surface area (Å²) >= 11 is 1.78. The van der Waals surface area contributed by atoms with Crippen LogP contribution in [0.15, 0.2) is 22.1 Å². The number of thiophene rings is 1. The van der Waals surface area contributed by atoms with Gasteiger partial charge in [-0.05, 0) is 37.8 Å². The lowest BCUT2D eigenvalue weighted by Gasteiger charge is -2.09. The second-order valence-corrected chi connectivity index (χ2v) is 4.94. The maximum absolute atomic E-state index is 5.48. The number of oxazole rings is 1. The average Bonchev–Trinajstić information content (AvgIpc) is 2.84. The van der Waals surface area contributed by atoms with Crippen LogP contribution in [-0.2, 0) is 6.54 Å². The Morgan fingerprint density at radius 2 is 2.31 bits per heavy atom. The molecule has 3 nitrogen and oxygen atoms in total. The van der Waals surface area contributed by atoms with Gasteiger partial charge in [-0.1, -0.05) is 0 Å². The van der Waals surface area contributed by atoms with E-state index in [0.29, 0.717) is 0 Å². The van der Waals surface area contributed by atoms with Gasteiger partial charge in [0.25, 0.3) is 0 Å². The largest absolute Gasteiger partial charge is 0.444 e. The summed E-state index contributed by atoms with van der Waals surface area (Å²) in [4.78, 5) is 5.58. The summed E-state index contributed by atoms with van der Waals surface area (Å²) in [6, 6.07) is 2.29. The molecule has 0 radical (unpaired) electrons. The molecule has 1 unspecified atom stereocenters. The second kappa shape index (κ2) is 4.80. The van der Waals surface area contributed by atoms with Crippen molar-refractivity contribution in [2.75, 3.05) is 0 Å². The number of hydrogen-bond acceptors (Lipinski definition) is 4. The Labute approximate surface area is 99.5 Å². The van der Waals surface area contributed by atoms with Crippen LogP contribution in [0, 0.1) is 13.8 Å². The highest BCUT2D eigenvalue weighted by atomic mass is 32.1. The molecule has 0 saturated carbocycles. The molecule has 2 rings (SSSR count). The number of hydrogen-bond donors (Lipinski definition) is 1. The summed E-state index contributed by atoms with van der Waals surface area (Å²) in [5.74, 6) is 1.61. The Bertz CT molecular complexity index is 461. The monoisotopic (exact) mass is 236 g/mol. The van der Waals surface area contributed by atoms with E-state index in [9.17, 15) is 0 Å². The molecule has 16 heavy (non-hydrogen) atoms. The van der Waals surface area contributed by atoms with Crippen LogP contribution in [0.3, 0.4) is 0 Å². The Balaban J connectivity index is 1.93. The number of aromatic nitrogens is 1. The van der Waals surface area contributed by atoms with Gasteiger partial charge >= 0.3 is 0 Å². The van der Waals surface area contributed by atoms with E-state index in [1.807, 2.05) is 6.92 Å². The van der Waals surface area contributed by atoms with Crippen molar-refractivity contribution in [3.63, 3.8) is 0 Å². The average molecular weight is 236 g/mol. The van der Waals surface area contributed by atoms with Gasteiger partial charge in [0.05, 0.1) is 12.2 Å². The van der Waals surface area contributed by atoms with Crippen LogP contribution in [0.5, 0.6) is 0 Å². The summed E-state index contributed by atoms with van der Waals surface area (Å²) < 4.78 is 5.48. The zero-order valence-corrected chi connectivity index (χ0v) is 10.6. The third-order valence-corrected chi connectivity index (χ3v) is 3.57. The number of nitrogens with one attached hydrogen (secondary N) is 1. The topological polar surface area (TPSA) is 38.1 Å². The molecule has 2 aromatic rings. The Morgan fingerprint density at radius 3 is 2.88 bits per heavy atom. The van der Waals surface area contributed by atoms with Crippen molar-refractivity contribution in [3.8, 4) is 0 Å². The minimum Gasteiger partial charge on any atom is -0.444 e. The molecule has 0 amide bonds. The molecule has 0 aliphatic heterocycles. The van der Waals surface area contributed by atoms with Crippen LogP contribution in [0.25, 0.3) is 0 Å². The van der Waals surface area contributed by atoms with Gasteiger partial charge in [0, 0.05) is 11.4 Å². The van der Waals surface area contributed by atoms with Crippen LogP contribution in [0.1, 0.15) is 35.1 Å². The molecule has 1 atom stereocenters. The Hall–Kier alpha value is -1.13. The molecule has 2 aromatic heterocycles. The minimum absolute atomic E-state index is 0.148. The van der Waals surface area contributed by atoms with E-state index in [2.05, 4.69) is 35.6 Å². The lowest BCUT2D eigenvalue weighted by molar-refractivity contribution is 0.403.